The number of rotatable bonds is 6. The van der Waals surface area contributed by atoms with Gasteiger partial charge in [0.2, 0.25) is 0 Å². The molecule has 0 saturated carbocycles. The molecule has 5 rings (SSSR count). The van der Waals surface area contributed by atoms with Gasteiger partial charge in [-0.3, -0.25) is 18.7 Å². The SMILES string of the molecule is Cc1ccc(Nc2ccc(Nc3ccc(C)cc3S(=O)(=O)O)c3c2C(=O)C2C=CC=CC2C3=O)c(S(=O)(=O)O)c1. The van der Waals surface area contributed by atoms with Gasteiger partial charge in [-0.15, -0.1) is 0 Å². The number of allylic oxidation sites excluding steroid dienone is 4. The fourth-order valence-electron chi connectivity index (χ4n) is 4.95. The quantitative estimate of drug-likeness (QED) is 0.291. The van der Waals surface area contributed by atoms with E-state index >= 15 is 0 Å². The number of carbonyl (C=O) groups excluding carboxylic acids is 2. The first-order chi connectivity index (χ1) is 18.8. The molecule has 10 nitrogen and oxygen atoms in total. The third-order valence-electron chi connectivity index (χ3n) is 6.81. The normalized spacial score (nSPS) is 18.3. The number of fused-ring (bicyclic) bond motifs is 2. The Morgan fingerprint density at radius 3 is 1.30 bits per heavy atom. The number of aryl methyl sites for hydroxylation is 2. The molecule has 0 aliphatic heterocycles. The van der Waals surface area contributed by atoms with Crippen LogP contribution in [-0.2, 0) is 20.2 Å². The van der Waals surface area contributed by atoms with E-state index in [1.165, 1.54) is 36.4 Å². The summed E-state index contributed by atoms with van der Waals surface area (Å²) >= 11 is 0. The Morgan fingerprint density at radius 1 is 0.600 bits per heavy atom. The van der Waals surface area contributed by atoms with Crippen LogP contribution in [0.25, 0.3) is 0 Å². The van der Waals surface area contributed by atoms with Crippen molar-refractivity contribution in [2.24, 2.45) is 11.8 Å². The Labute approximate surface area is 230 Å². The number of carbonyl (C=O) groups is 2. The van der Waals surface area contributed by atoms with E-state index in [1.54, 1.807) is 50.3 Å². The number of ketones is 2. The number of anilines is 4. The van der Waals surface area contributed by atoms with Gasteiger partial charge in [-0.2, -0.15) is 16.8 Å². The monoisotopic (exact) mass is 580 g/mol. The van der Waals surface area contributed by atoms with Gasteiger partial charge >= 0.3 is 0 Å². The van der Waals surface area contributed by atoms with Crippen molar-refractivity contribution < 1.29 is 35.5 Å². The molecular formula is C28H24N2O8S2. The Hall–Kier alpha value is -4.10. The molecule has 0 saturated heterocycles. The number of benzene rings is 3. The third-order valence-corrected chi connectivity index (χ3v) is 8.59. The first kappa shape index (κ1) is 27.5. The zero-order chi connectivity index (χ0) is 29.0. The predicted octanol–water partition coefficient (Wildman–Crippen LogP) is 5.02. The molecule has 0 fully saturated rings. The summed E-state index contributed by atoms with van der Waals surface area (Å²) in [5.74, 6) is -2.42. The topological polar surface area (TPSA) is 167 Å². The van der Waals surface area contributed by atoms with Gasteiger partial charge in [0.1, 0.15) is 9.79 Å². The molecule has 206 valence electrons. The Morgan fingerprint density at radius 2 is 0.950 bits per heavy atom. The second-order valence-electron chi connectivity index (χ2n) is 9.66. The highest BCUT2D eigenvalue weighted by Crippen LogP contribution is 2.43. The van der Waals surface area contributed by atoms with Crippen LogP contribution in [0, 0.1) is 25.7 Å². The molecule has 3 aromatic carbocycles. The van der Waals surface area contributed by atoms with Gasteiger partial charge in [0, 0.05) is 0 Å². The smallest absolute Gasteiger partial charge is 0.296 e. The van der Waals surface area contributed by atoms with E-state index in [9.17, 15) is 35.5 Å². The highest BCUT2D eigenvalue weighted by atomic mass is 32.2. The lowest BCUT2D eigenvalue weighted by molar-refractivity contribution is 0.0803. The van der Waals surface area contributed by atoms with Crippen molar-refractivity contribution in [3.8, 4) is 0 Å². The molecule has 0 aromatic heterocycles. The summed E-state index contributed by atoms with van der Waals surface area (Å²) < 4.78 is 67.9. The standard InChI is InChI=1S/C28H24N2O8S2/c1-15-7-9-19(23(13-15)39(33,34)35)29-21-11-12-22(30-20-10-8-16(2)14-24(20)40(36,37)38)26-25(21)27(31)17-5-3-4-6-18(17)28(26)32/h3-14,17-18,29-30H,1-2H3,(H,33,34,35)(H,36,37,38). The molecular weight excluding hydrogens is 556 g/mol. The lowest BCUT2D eigenvalue weighted by Crippen LogP contribution is -2.36. The summed E-state index contributed by atoms with van der Waals surface area (Å²) in [6.45, 7) is 3.30. The molecule has 0 heterocycles. The molecule has 0 spiro atoms. The van der Waals surface area contributed by atoms with Crippen molar-refractivity contribution in [1.82, 2.24) is 0 Å². The van der Waals surface area contributed by atoms with Gasteiger partial charge in [0.05, 0.1) is 45.7 Å². The zero-order valence-electron chi connectivity index (χ0n) is 21.2. The van der Waals surface area contributed by atoms with Crippen LogP contribution >= 0.6 is 0 Å². The Balaban J connectivity index is 1.71. The van der Waals surface area contributed by atoms with Crippen molar-refractivity contribution in [2.45, 2.75) is 23.6 Å². The highest BCUT2D eigenvalue weighted by molar-refractivity contribution is 7.86. The van der Waals surface area contributed by atoms with Crippen molar-refractivity contribution >= 4 is 54.6 Å². The van der Waals surface area contributed by atoms with Crippen LogP contribution in [0.2, 0.25) is 0 Å². The molecule has 0 radical (unpaired) electrons. The van der Waals surface area contributed by atoms with Crippen molar-refractivity contribution in [3.05, 3.63) is 95.1 Å². The van der Waals surface area contributed by atoms with Crippen LogP contribution in [0.15, 0.2) is 82.6 Å². The molecule has 0 bridgehead atoms. The first-order valence-electron chi connectivity index (χ1n) is 12.1. The molecule has 2 aliphatic carbocycles. The van der Waals surface area contributed by atoms with Gasteiger partial charge < -0.3 is 10.6 Å². The minimum atomic E-state index is -4.64. The van der Waals surface area contributed by atoms with Gasteiger partial charge in [0.25, 0.3) is 20.2 Å². The number of hydrogen-bond donors (Lipinski definition) is 4. The van der Waals surface area contributed by atoms with Crippen molar-refractivity contribution in [3.63, 3.8) is 0 Å². The fourth-order valence-corrected chi connectivity index (χ4v) is 6.41. The molecule has 2 unspecified atom stereocenters. The summed E-state index contributed by atoms with van der Waals surface area (Å²) in [5.41, 5.74) is 1.30. The third kappa shape index (κ3) is 4.97. The molecule has 2 atom stereocenters. The molecule has 2 aliphatic rings. The first-order valence-corrected chi connectivity index (χ1v) is 14.9. The molecule has 3 aromatic rings. The lowest BCUT2D eigenvalue weighted by Gasteiger charge is -2.31. The maximum absolute atomic E-state index is 13.8. The molecule has 12 heteroatoms. The zero-order valence-corrected chi connectivity index (χ0v) is 22.9. The number of nitrogens with one attached hydrogen (secondary N) is 2. The number of Topliss-reactive ketones (excluding diaryl/α,β-unsaturated/α-hetero) is 2. The maximum atomic E-state index is 13.8. The highest BCUT2D eigenvalue weighted by Gasteiger charge is 2.42. The van der Waals surface area contributed by atoms with Crippen LogP contribution in [0.1, 0.15) is 31.8 Å². The Bertz CT molecular complexity index is 1740. The van der Waals surface area contributed by atoms with Crippen LogP contribution in [-0.4, -0.2) is 37.5 Å². The predicted molar refractivity (Wildman–Crippen MR) is 149 cm³/mol. The Kier molecular flexibility index (Phi) is 6.74. The van der Waals surface area contributed by atoms with Crippen LogP contribution in [0.4, 0.5) is 22.7 Å². The molecule has 40 heavy (non-hydrogen) atoms. The largest absolute Gasteiger partial charge is 0.354 e. The van der Waals surface area contributed by atoms with Gasteiger partial charge in [-0.25, -0.2) is 0 Å². The second kappa shape index (κ2) is 9.82. The van der Waals surface area contributed by atoms with E-state index in [-0.39, 0.29) is 33.9 Å². The van der Waals surface area contributed by atoms with Crippen LogP contribution in [0.5, 0.6) is 0 Å². The summed E-state index contributed by atoms with van der Waals surface area (Å²) in [7, 11) is -9.28. The average molecular weight is 581 g/mol. The van der Waals surface area contributed by atoms with E-state index in [4.69, 9.17) is 0 Å². The van der Waals surface area contributed by atoms with Crippen LogP contribution in [0.3, 0.4) is 0 Å². The summed E-state index contributed by atoms with van der Waals surface area (Å²) in [6.07, 6.45) is 6.55. The van der Waals surface area contributed by atoms with Crippen molar-refractivity contribution in [1.29, 1.82) is 0 Å². The lowest BCUT2D eigenvalue weighted by atomic mass is 9.71. The van der Waals surface area contributed by atoms with E-state index in [0.717, 1.165) is 0 Å². The fraction of sp³-hybridized carbons (Fsp3) is 0.143. The summed E-state index contributed by atoms with van der Waals surface area (Å²) in [6, 6.07) is 11.5. The summed E-state index contributed by atoms with van der Waals surface area (Å²) in [4.78, 5) is 26.8. The number of hydrogen-bond acceptors (Lipinski definition) is 8. The van der Waals surface area contributed by atoms with Gasteiger partial charge in [-0.1, -0.05) is 36.4 Å². The van der Waals surface area contributed by atoms with E-state index in [1.807, 2.05) is 0 Å². The van der Waals surface area contributed by atoms with E-state index in [2.05, 4.69) is 10.6 Å². The minimum Gasteiger partial charge on any atom is -0.354 e. The molecule has 0 amide bonds. The molecule has 4 N–H and O–H groups in total. The second-order valence-corrected chi connectivity index (χ2v) is 12.4. The maximum Gasteiger partial charge on any atom is 0.296 e. The van der Waals surface area contributed by atoms with Gasteiger partial charge in [0.15, 0.2) is 11.6 Å². The van der Waals surface area contributed by atoms with E-state index in [0.29, 0.717) is 11.1 Å². The van der Waals surface area contributed by atoms with Crippen LogP contribution < -0.4 is 10.6 Å². The average Bonchev–Trinajstić information content (AvgIpc) is 2.88. The van der Waals surface area contributed by atoms with E-state index < -0.39 is 53.4 Å². The van der Waals surface area contributed by atoms with Gasteiger partial charge in [-0.05, 0) is 61.4 Å². The van der Waals surface area contributed by atoms with Crippen molar-refractivity contribution in [2.75, 3.05) is 10.6 Å². The minimum absolute atomic E-state index is 0.00958. The summed E-state index contributed by atoms with van der Waals surface area (Å²) in [5, 5.41) is 5.79.